The highest BCUT2D eigenvalue weighted by atomic mass is 19.2. The van der Waals surface area contributed by atoms with Gasteiger partial charge in [-0.1, -0.05) is 6.07 Å². The number of nitrogens with zero attached hydrogens (tertiary/aromatic N) is 3. The number of benzene rings is 1. The summed E-state index contributed by atoms with van der Waals surface area (Å²) in [5, 5.41) is 10.7. The van der Waals surface area contributed by atoms with Gasteiger partial charge in [0, 0.05) is 11.8 Å². The van der Waals surface area contributed by atoms with Crippen molar-refractivity contribution in [3.05, 3.63) is 65.6 Å². The Morgan fingerprint density at radius 1 is 1.18 bits per heavy atom. The van der Waals surface area contributed by atoms with Crippen molar-refractivity contribution in [3.8, 4) is 0 Å². The molecule has 0 spiro atoms. The maximum atomic E-state index is 13.2. The zero-order valence-electron chi connectivity index (χ0n) is 11.6. The fourth-order valence-electron chi connectivity index (χ4n) is 2.14. The van der Waals surface area contributed by atoms with Crippen LogP contribution in [0.2, 0.25) is 0 Å². The third kappa shape index (κ3) is 2.52. The Kier molecular flexibility index (Phi) is 3.54. The van der Waals surface area contributed by atoms with Crippen LogP contribution in [-0.4, -0.2) is 20.5 Å². The second-order valence-corrected chi connectivity index (χ2v) is 4.81. The van der Waals surface area contributed by atoms with Gasteiger partial charge in [-0.05, 0) is 37.3 Å². The molecule has 22 heavy (non-hydrogen) atoms. The number of halogens is 2. The molecule has 1 atom stereocenters. The zero-order valence-corrected chi connectivity index (χ0v) is 11.6. The van der Waals surface area contributed by atoms with Gasteiger partial charge in [0.05, 0.1) is 6.04 Å². The minimum atomic E-state index is -1.06. The molecule has 0 radical (unpaired) electrons. The molecule has 7 heteroatoms. The van der Waals surface area contributed by atoms with Crippen molar-refractivity contribution in [2.75, 3.05) is 0 Å². The van der Waals surface area contributed by atoms with Gasteiger partial charge in [0.15, 0.2) is 23.1 Å². The van der Waals surface area contributed by atoms with Crippen molar-refractivity contribution in [2.24, 2.45) is 0 Å². The lowest BCUT2D eigenvalue weighted by Gasteiger charge is -2.12. The largest absolute Gasteiger partial charge is 0.342 e. The summed E-state index contributed by atoms with van der Waals surface area (Å²) in [5.41, 5.74) is 0.700. The highest BCUT2D eigenvalue weighted by molar-refractivity contribution is 5.94. The van der Waals surface area contributed by atoms with E-state index in [1.54, 1.807) is 23.6 Å². The van der Waals surface area contributed by atoms with Crippen molar-refractivity contribution in [2.45, 2.75) is 13.0 Å². The van der Waals surface area contributed by atoms with Crippen molar-refractivity contribution >= 4 is 11.6 Å². The van der Waals surface area contributed by atoms with E-state index in [0.717, 1.165) is 12.1 Å². The Morgan fingerprint density at radius 3 is 2.77 bits per heavy atom. The number of amides is 1. The molecule has 1 amide bonds. The first kappa shape index (κ1) is 14.1. The Bertz CT molecular complexity index is 846. The van der Waals surface area contributed by atoms with Gasteiger partial charge in [-0.2, -0.15) is 0 Å². The average molecular weight is 302 g/mol. The molecule has 1 aromatic carbocycles. The van der Waals surface area contributed by atoms with Gasteiger partial charge >= 0.3 is 0 Å². The van der Waals surface area contributed by atoms with Crippen LogP contribution in [0.4, 0.5) is 8.78 Å². The Labute approximate surface area is 124 Å². The van der Waals surface area contributed by atoms with Crippen molar-refractivity contribution in [1.29, 1.82) is 0 Å². The fourth-order valence-corrected chi connectivity index (χ4v) is 2.14. The molecule has 2 aromatic heterocycles. The van der Waals surface area contributed by atoms with E-state index in [1.165, 1.54) is 6.07 Å². The van der Waals surface area contributed by atoms with Gasteiger partial charge in [0.25, 0.3) is 5.91 Å². The average Bonchev–Trinajstić information content (AvgIpc) is 2.94. The minimum absolute atomic E-state index is 0.0413. The van der Waals surface area contributed by atoms with Crippen LogP contribution >= 0.6 is 0 Å². The van der Waals surface area contributed by atoms with E-state index in [0.29, 0.717) is 11.5 Å². The summed E-state index contributed by atoms with van der Waals surface area (Å²) < 4.78 is 27.8. The lowest BCUT2D eigenvalue weighted by atomic mass is 10.2. The van der Waals surface area contributed by atoms with Crippen molar-refractivity contribution < 1.29 is 13.6 Å². The number of fused-ring (bicyclic) bond motifs is 1. The molecule has 112 valence electrons. The van der Waals surface area contributed by atoms with Crippen molar-refractivity contribution in [3.63, 3.8) is 0 Å². The third-order valence-electron chi connectivity index (χ3n) is 3.26. The highest BCUT2D eigenvalue weighted by Crippen LogP contribution is 2.14. The van der Waals surface area contributed by atoms with Gasteiger partial charge in [-0.3, -0.25) is 9.20 Å². The molecule has 1 unspecified atom stereocenters. The molecule has 2 heterocycles. The molecule has 0 aliphatic rings. The molecule has 5 nitrogen and oxygen atoms in total. The van der Waals surface area contributed by atoms with E-state index in [-0.39, 0.29) is 5.56 Å². The monoisotopic (exact) mass is 302 g/mol. The summed E-state index contributed by atoms with van der Waals surface area (Å²) in [5.74, 6) is -2.02. The van der Waals surface area contributed by atoms with Crippen LogP contribution in [0.1, 0.15) is 29.1 Å². The maximum Gasteiger partial charge on any atom is 0.251 e. The summed E-state index contributed by atoms with van der Waals surface area (Å²) in [6, 6.07) is 8.00. The molecule has 0 saturated heterocycles. The van der Waals surface area contributed by atoms with Crippen LogP contribution in [0.3, 0.4) is 0 Å². The summed E-state index contributed by atoms with van der Waals surface area (Å²) in [6.45, 7) is 1.74. The van der Waals surface area contributed by atoms with Gasteiger partial charge in [-0.15, -0.1) is 10.2 Å². The second-order valence-electron chi connectivity index (χ2n) is 4.81. The second kappa shape index (κ2) is 5.51. The molecule has 3 aromatic rings. The van der Waals surface area contributed by atoms with E-state index < -0.39 is 23.6 Å². The quantitative estimate of drug-likeness (QED) is 0.808. The van der Waals surface area contributed by atoms with Crippen LogP contribution in [-0.2, 0) is 0 Å². The molecule has 1 N–H and O–H groups in total. The lowest BCUT2D eigenvalue weighted by molar-refractivity contribution is 0.0937. The standard InChI is InChI=1S/C15H12F2N4O/c1-9(14-20-19-13-4-2-3-7-21(13)14)18-15(22)10-5-6-11(16)12(17)8-10/h2-9H,1H3,(H,18,22). The predicted molar refractivity (Wildman–Crippen MR) is 75.2 cm³/mol. The summed E-state index contributed by atoms with van der Waals surface area (Å²) in [4.78, 5) is 12.1. The molecule has 0 aliphatic carbocycles. The fraction of sp³-hybridized carbons (Fsp3) is 0.133. The van der Waals surface area contributed by atoms with Crippen LogP contribution in [0, 0.1) is 11.6 Å². The molecule has 0 bridgehead atoms. The zero-order chi connectivity index (χ0) is 15.7. The van der Waals surface area contributed by atoms with Crippen LogP contribution in [0.15, 0.2) is 42.6 Å². The molecule has 0 fully saturated rings. The number of hydrogen-bond acceptors (Lipinski definition) is 3. The summed E-state index contributed by atoms with van der Waals surface area (Å²) in [6.07, 6.45) is 1.78. The topological polar surface area (TPSA) is 59.3 Å². The van der Waals surface area contributed by atoms with Crippen molar-refractivity contribution in [1.82, 2.24) is 19.9 Å². The molecule has 0 aliphatic heterocycles. The van der Waals surface area contributed by atoms with Gasteiger partial charge in [0.1, 0.15) is 0 Å². The number of nitrogens with one attached hydrogen (secondary N) is 1. The van der Waals surface area contributed by atoms with E-state index in [4.69, 9.17) is 0 Å². The first-order valence-corrected chi connectivity index (χ1v) is 6.62. The molecular formula is C15H12F2N4O. The molecular weight excluding hydrogens is 290 g/mol. The van der Waals surface area contributed by atoms with E-state index >= 15 is 0 Å². The predicted octanol–water partition coefficient (Wildman–Crippen LogP) is 2.50. The lowest BCUT2D eigenvalue weighted by Crippen LogP contribution is -2.28. The number of aromatic nitrogens is 3. The number of pyridine rings is 1. The minimum Gasteiger partial charge on any atom is -0.342 e. The Morgan fingerprint density at radius 2 is 2.00 bits per heavy atom. The number of carbonyl (C=O) groups excluding carboxylic acids is 1. The first-order chi connectivity index (χ1) is 10.6. The van der Waals surface area contributed by atoms with Gasteiger partial charge < -0.3 is 5.32 Å². The Hall–Kier alpha value is -2.83. The molecule has 0 saturated carbocycles. The van der Waals surface area contributed by atoms with Gasteiger partial charge in [0.2, 0.25) is 0 Å². The number of hydrogen-bond donors (Lipinski definition) is 1. The van der Waals surface area contributed by atoms with E-state index in [9.17, 15) is 13.6 Å². The Balaban J connectivity index is 1.82. The highest BCUT2D eigenvalue weighted by Gasteiger charge is 2.17. The van der Waals surface area contributed by atoms with Gasteiger partial charge in [-0.25, -0.2) is 8.78 Å². The summed E-state index contributed by atoms with van der Waals surface area (Å²) in [7, 11) is 0. The van der Waals surface area contributed by atoms with E-state index in [1.807, 2.05) is 12.1 Å². The van der Waals surface area contributed by atoms with E-state index in [2.05, 4.69) is 15.5 Å². The normalized spacial score (nSPS) is 12.3. The number of rotatable bonds is 3. The SMILES string of the molecule is CC(NC(=O)c1ccc(F)c(F)c1)c1nnc2ccccn12. The smallest absolute Gasteiger partial charge is 0.251 e. The number of carbonyl (C=O) groups is 1. The van der Waals surface area contributed by atoms with Crippen LogP contribution in [0.25, 0.3) is 5.65 Å². The third-order valence-corrected chi connectivity index (χ3v) is 3.26. The summed E-state index contributed by atoms with van der Waals surface area (Å²) >= 11 is 0. The molecule has 3 rings (SSSR count). The van der Waals surface area contributed by atoms with Crippen LogP contribution < -0.4 is 5.32 Å². The van der Waals surface area contributed by atoms with Crippen LogP contribution in [0.5, 0.6) is 0 Å². The maximum absolute atomic E-state index is 13.2. The first-order valence-electron chi connectivity index (χ1n) is 6.62.